The van der Waals surface area contributed by atoms with E-state index >= 15 is 0 Å². The van der Waals surface area contributed by atoms with Crippen molar-refractivity contribution in [1.29, 1.82) is 0 Å². The zero-order valence-electron chi connectivity index (χ0n) is 11.7. The van der Waals surface area contributed by atoms with Gasteiger partial charge >= 0.3 is 0 Å². The first kappa shape index (κ1) is 15.4. The van der Waals surface area contributed by atoms with Crippen LogP contribution in [0.4, 0.5) is 5.69 Å². The van der Waals surface area contributed by atoms with E-state index in [2.05, 4.69) is 5.32 Å². The van der Waals surface area contributed by atoms with Crippen molar-refractivity contribution in [1.82, 2.24) is 0 Å². The number of anilines is 1. The lowest BCUT2D eigenvalue weighted by Crippen LogP contribution is -2.13. The molecule has 0 aliphatic carbocycles. The average molecular weight is 305 g/mol. The van der Waals surface area contributed by atoms with E-state index in [-0.39, 0.29) is 5.91 Å². The monoisotopic (exact) mass is 304 g/mol. The Morgan fingerprint density at radius 2 is 1.95 bits per heavy atom. The predicted octanol–water partition coefficient (Wildman–Crippen LogP) is 3.10. The largest absolute Gasteiger partial charge is 0.495 e. The molecule has 1 amide bonds. The van der Waals surface area contributed by atoms with Crippen molar-refractivity contribution in [2.45, 2.75) is 6.42 Å². The number of hydrogen-bond acceptors (Lipinski definition) is 3. The number of benzene rings is 2. The summed E-state index contributed by atoms with van der Waals surface area (Å²) >= 11 is 5.94. The number of nitrogens with two attached hydrogens (primary N) is 1. The van der Waals surface area contributed by atoms with Crippen molar-refractivity contribution in [2.75, 3.05) is 19.0 Å². The van der Waals surface area contributed by atoms with E-state index in [0.29, 0.717) is 28.6 Å². The van der Waals surface area contributed by atoms with Gasteiger partial charge in [-0.2, -0.15) is 0 Å². The fraction of sp³-hybridized carbons (Fsp3) is 0.188. The van der Waals surface area contributed by atoms with E-state index < -0.39 is 0 Å². The van der Waals surface area contributed by atoms with E-state index in [4.69, 9.17) is 22.1 Å². The highest BCUT2D eigenvalue weighted by Crippen LogP contribution is 2.28. The van der Waals surface area contributed by atoms with Gasteiger partial charge in [0.25, 0.3) is 5.91 Å². The first-order valence-electron chi connectivity index (χ1n) is 6.58. The molecule has 0 aliphatic heterocycles. The maximum absolute atomic E-state index is 12.2. The van der Waals surface area contributed by atoms with Crippen molar-refractivity contribution in [3.05, 3.63) is 58.6 Å². The molecule has 0 saturated heterocycles. The van der Waals surface area contributed by atoms with Crippen LogP contribution in [0.15, 0.2) is 42.5 Å². The Hall–Kier alpha value is -2.04. The van der Waals surface area contributed by atoms with Crippen LogP contribution in [0.25, 0.3) is 0 Å². The molecule has 0 spiro atoms. The Morgan fingerprint density at radius 3 is 2.57 bits per heavy atom. The summed E-state index contributed by atoms with van der Waals surface area (Å²) in [4.78, 5) is 12.2. The minimum absolute atomic E-state index is 0.213. The van der Waals surface area contributed by atoms with Crippen molar-refractivity contribution in [3.63, 3.8) is 0 Å². The van der Waals surface area contributed by atoms with Gasteiger partial charge in [-0.15, -0.1) is 0 Å². The number of halogens is 1. The maximum Gasteiger partial charge on any atom is 0.255 e. The number of carbonyl (C=O) groups is 1. The molecule has 0 unspecified atom stereocenters. The highest BCUT2D eigenvalue weighted by molar-refractivity contribution is 6.31. The average Bonchev–Trinajstić information content (AvgIpc) is 2.48. The van der Waals surface area contributed by atoms with Crippen molar-refractivity contribution in [2.24, 2.45) is 5.73 Å². The minimum atomic E-state index is -0.213. The van der Waals surface area contributed by atoms with Crippen molar-refractivity contribution < 1.29 is 9.53 Å². The van der Waals surface area contributed by atoms with Crippen LogP contribution >= 0.6 is 11.6 Å². The number of ether oxygens (including phenoxy) is 1. The molecule has 0 fully saturated rings. The Morgan fingerprint density at radius 1 is 1.24 bits per heavy atom. The van der Waals surface area contributed by atoms with Gasteiger partial charge in [-0.25, -0.2) is 0 Å². The second kappa shape index (κ2) is 7.11. The van der Waals surface area contributed by atoms with Crippen LogP contribution in [0.3, 0.4) is 0 Å². The minimum Gasteiger partial charge on any atom is -0.495 e. The fourth-order valence-corrected chi connectivity index (χ4v) is 2.13. The van der Waals surface area contributed by atoms with Crippen LogP contribution in [-0.2, 0) is 6.42 Å². The molecule has 110 valence electrons. The fourth-order valence-electron chi connectivity index (χ4n) is 1.96. The molecule has 0 bridgehead atoms. The maximum atomic E-state index is 12.2. The standard InChI is InChI=1S/C16H17ClN2O2/c1-21-15-7-6-13(17)10-14(15)19-16(20)12-4-2-11(3-5-12)8-9-18/h2-7,10H,8-9,18H2,1H3,(H,19,20). The molecule has 0 heterocycles. The van der Waals surface area contributed by atoms with Crippen LogP contribution in [-0.4, -0.2) is 19.6 Å². The second-order valence-corrected chi connectivity index (χ2v) is 4.97. The van der Waals surface area contributed by atoms with Crippen LogP contribution in [0.2, 0.25) is 5.02 Å². The first-order valence-corrected chi connectivity index (χ1v) is 6.95. The van der Waals surface area contributed by atoms with Crippen LogP contribution < -0.4 is 15.8 Å². The van der Waals surface area contributed by atoms with Crippen LogP contribution in [0.5, 0.6) is 5.75 Å². The Kier molecular flexibility index (Phi) is 5.20. The SMILES string of the molecule is COc1ccc(Cl)cc1NC(=O)c1ccc(CCN)cc1. The van der Waals surface area contributed by atoms with Gasteiger partial charge in [0.05, 0.1) is 12.8 Å². The number of amides is 1. The van der Waals surface area contributed by atoms with Gasteiger partial charge in [0.15, 0.2) is 0 Å². The summed E-state index contributed by atoms with van der Waals surface area (Å²) in [5.74, 6) is 0.349. The summed E-state index contributed by atoms with van der Waals surface area (Å²) in [7, 11) is 1.54. The molecule has 21 heavy (non-hydrogen) atoms. The molecule has 4 nitrogen and oxygen atoms in total. The molecule has 3 N–H and O–H groups in total. The molecule has 0 atom stereocenters. The van der Waals surface area contributed by atoms with Gasteiger partial charge in [-0.05, 0) is 48.9 Å². The summed E-state index contributed by atoms with van der Waals surface area (Å²) < 4.78 is 5.20. The highest BCUT2D eigenvalue weighted by atomic mass is 35.5. The molecule has 2 aromatic carbocycles. The third-order valence-electron chi connectivity index (χ3n) is 3.06. The lowest BCUT2D eigenvalue weighted by atomic mass is 10.1. The Labute approximate surface area is 128 Å². The summed E-state index contributed by atoms with van der Waals surface area (Å²) in [5, 5.41) is 3.33. The molecule has 0 saturated carbocycles. The molecule has 2 aromatic rings. The second-order valence-electron chi connectivity index (χ2n) is 4.53. The normalized spacial score (nSPS) is 10.2. The van der Waals surface area contributed by atoms with Crippen LogP contribution in [0, 0.1) is 0 Å². The molecule has 2 rings (SSSR count). The zero-order valence-corrected chi connectivity index (χ0v) is 12.5. The summed E-state index contributed by atoms with van der Waals surface area (Å²) in [6, 6.07) is 12.4. The van der Waals surface area contributed by atoms with E-state index in [0.717, 1.165) is 12.0 Å². The van der Waals surface area contributed by atoms with Gasteiger partial charge in [-0.3, -0.25) is 4.79 Å². The Bertz CT molecular complexity index is 627. The number of hydrogen-bond donors (Lipinski definition) is 2. The number of rotatable bonds is 5. The lowest BCUT2D eigenvalue weighted by Gasteiger charge is -2.11. The quantitative estimate of drug-likeness (QED) is 0.892. The van der Waals surface area contributed by atoms with Crippen molar-refractivity contribution >= 4 is 23.2 Å². The predicted molar refractivity (Wildman–Crippen MR) is 85.2 cm³/mol. The molecule has 0 aliphatic rings. The van der Waals surface area contributed by atoms with Gasteiger partial charge in [0.2, 0.25) is 0 Å². The molecular formula is C16H17ClN2O2. The van der Waals surface area contributed by atoms with Gasteiger partial charge < -0.3 is 15.8 Å². The smallest absolute Gasteiger partial charge is 0.255 e. The van der Waals surface area contributed by atoms with E-state index in [1.165, 1.54) is 0 Å². The topological polar surface area (TPSA) is 64.3 Å². The van der Waals surface area contributed by atoms with E-state index in [9.17, 15) is 4.79 Å². The lowest BCUT2D eigenvalue weighted by molar-refractivity contribution is 0.102. The van der Waals surface area contributed by atoms with Gasteiger partial charge in [-0.1, -0.05) is 23.7 Å². The van der Waals surface area contributed by atoms with Crippen molar-refractivity contribution in [3.8, 4) is 5.75 Å². The zero-order chi connectivity index (χ0) is 15.2. The first-order chi connectivity index (χ1) is 10.1. The third-order valence-corrected chi connectivity index (χ3v) is 3.29. The summed E-state index contributed by atoms with van der Waals surface area (Å²) in [6.45, 7) is 0.589. The van der Waals surface area contributed by atoms with Gasteiger partial charge in [0, 0.05) is 10.6 Å². The van der Waals surface area contributed by atoms with Gasteiger partial charge in [0.1, 0.15) is 5.75 Å². The summed E-state index contributed by atoms with van der Waals surface area (Å²) in [5.41, 5.74) is 7.72. The molecule has 0 radical (unpaired) electrons. The van der Waals surface area contributed by atoms with E-state index in [1.54, 1.807) is 37.4 Å². The molecular weight excluding hydrogens is 288 g/mol. The Balaban J connectivity index is 2.15. The molecule has 5 heteroatoms. The van der Waals surface area contributed by atoms with Crippen LogP contribution in [0.1, 0.15) is 15.9 Å². The number of nitrogens with one attached hydrogen (secondary N) is 1. The summed E-state index contributed by atoms with van der Waals surface area (Å²) in [6.07, 6.45) is 0.796. The van der Waals surface area contributed by atoms with E-state index in [1.807, 2.05) is 12.1 Å². The highest BCUT2D eigenvalue weighted by Gasteiger charge is 2.10. The molecule has 0 aromatic heterocycles. The third kappa shape index (κ3) is 3.97. The number of carbonyl (C=O) groups excluding carboxylic acids is 1. The number of methoxy groups -OCH3 is 1.